The second kappa shape index (κ2) is 9.51. The number of carbonyl (C=O) groups excluding carboxylic acids is 1. The number of pyridine rings is 1. The van der Waals surface area contributed by atoms with Crippen molar-refractivity contribution in [2.45, 2.75) is 20.1 Å². The van der Waals surface area contributed by atoms with Crippen LogP contribution in [0.25, 0.3) is 0 Å². The largest absolute Gasteiger partial charge is 0.490 e. The minimum Gasteiger partial charge on any atom is -0.490 e. The van der Waals surface area contributed by atoms with Crippen molar-refractivity contribution in [3.63, 3.8) is 0 Å². The Hall–Kier alpha value is -3.54. The van der Waals surface area contributed by atoms with Crippen LogP contribution in [-0.2, 0) is 13.2 Å². The number of fused-ring (bicyclic) bond motifs is 1. The summed E-state index contributed by atoms with van der Waals surface area (Å²) < 4.78 is 11.7. The SMILES string of the molecule is CCOc1cc(C(=O)N2CCN(C)c3ccccc3C2)ccc1OCc1cccnc1. The molecule has 0 unspecified atom stereocenters. The highest BCUT2D eigenvalue weighted by Gasteiger charge is 2.23. The van der Waals surface area contributed by atoms with Gasteiger partial charge in [-0.2, -0.15) is 0 Å². The predicted molar refractivity (Wildman–Crippen MR) is 121 cm³/mol. The number of hydrogen-bond acceptors (Lipinski definition) is 5. The van der Waals surface area contributed by atoms with Crippen molar-refractivity contribution >= 4 is 11.6 Å². The van der Waals surface area contributed by atoms with Crippen LogP contribution < -0.4 is 14.4 Å². The molecule has 1 amide bonds. The number of hydrogen-bond donors (Lipinski definition) is 0. The minimum absolute atomic E-state index is 0.00938. The number of amides is 1. The quantitative estimate of drug-likeness (QED) is 0.603. The highest BCUT2D eigenvalue weighted by molar-refractivity contribution is 5.95. The number of benzene rings is 2. The molecule has 3 aromatic rings. The third-order valence-electron chi connectivity index (χ3n) is 5.36. The van der Waals surface area contributed by atoms with Gasteiger partial charge in [0.2, 0.25) is 0 Å². The molecular weight excluding hydrogens is 390 g/mol. The molecule has 0 radical (unpaired) electrons. The average molecular weight is 418 g/mol. The highest BCUT2D eigenvalue weighted by Crippen LogP contribution is 2.31. The van der Waals surface area contributed by atoms with E-state index in [1.165, 1.54) is 5.69 Å². The molecule has 2 heterocycles. The molecule has 31 heavy (non-hydrogen) atoms. The molecule has 0 fully saturated rings. The number of ether oxygens (including phenoxy) is 2. The minimum atomic E-state index is -0.00938. The third kappa shape index (κ3) is 4.79. The molecular formula is C25H27N3O3. The third-order valence-corrected chi connectivity index (χ3v) is 5.36. The first-order valence-corrected chi connectivity index (χ1v) is 10.5. The molecule has 0 atom stereocenters. The Morgan fingerprint density at radius 1 is 1.03 bits per heavy atom. The van der Waals surface area contributed by atoms with Crippen LogP contribution in [0.15, 0.2) is 67.0 Å². The number of para-hydroxylation sites is 1. The topological polar surface area (TPSA) is 54.9 Å². The molecule has 6 heteroatoms. The van der Waals surface area contributed by atoms with Crippen molar-refractivity contribution in [3.8, 4) is 11.5 Å². The molecule has 0 saturated carbocycles. The number of likely N-dealkylation sites (N-methyl/N-ethyl adjacent to an activating group) is 1. The van der Waals surface area contributed by atoms with Gasteiger partial charge in [-0.1, -0.05) is 24.3 Å². The lowest BCUT2D eigenvalue weighted by atomic mass is 10.1. The van der Waals surface area contributed by atoms with E-state index in [-0.39, 0.29) is 5.91 Å². The van der Waals surface area contributed by atoms with E-state index >= 15 is 0 Å². The van der Waals surface area contributed by atoms with Gasteiger partial charge in [-0.05, 0) is 42.8 Å². The second-order valence-electron chi connectivity index (χ2n) is 7.52. The first-order valence-electron chi connectivity index (χ1n) is 10.5. The lowest BCUT2D eigenvalue weighted by Gasteiger charge is -2.22. The van der Waals surface area contributed by atoms with Crippen molar-refractivity contribution in [3.05, 3.63) is 83.7 Å². The van der Waals surface area contributed by atoms with E-state index < -0.39 is 0 Å². The summed E-state index contributed by atoms with van der Waals surface area (Å²) in [5.41, 5.74) is 3.89. The highest BCUT2D eigenvalue weighted by atomic mass is 16.5. The van der Waals surface area contributed by atoms with E-state index in [0.29, 0.717) is 43.4 Å². The number of anilines is 1. The van der Waals surface area contributed by atoms with E-state index in [0.717, 1.165) is 17.7 Å². The molecule has 1 aliphatic heterocycles. The summed E-state index contributed by atoms with van der Waals surface area (Å²) in [6.07, 6.45) is 3.50. The molecule has 0 spiro atoms. The Kier molecular flexibility index (Phi) is 6.36. The smallest absolute Gasteiger partial charge is 0.254 e. The molecule has 6 nitrogen and oxygen atoms in total. The summed E-state index contributed by atoms with van der Waals surface area (Å²) in [6.45, 7) is 4.82. The van der Waals surface area contributed by atoms with E-state index in [1.807, 2.05) is 48.2 Å². The van der Waals surface area contributed by atoms with Gasteiger partial charge in [0.1, 0.15) is 6.61 Å². The Labute approximate surface area is 183 Å². The van der Waals surface area contributed by atoms with Gasteiger partial charge in [0, 0.05) is 55.9 Å². The maximum Gasteiger partial charge on any atom is 0.254 e. The summed E-state index contributed by atoms with van der Waals surface area (Å²) in [4.78, 5) is 21.5. The van der Waals surface area contributed by atoms with Crippen LogP contribution in [0.3, 0.4) is 0 Å². The zero-order chi connectivity index (χ0) is 21.6. The van der Waals surface area contributed by atoms with Gasteiger partial charge in [0.25, 0.3) is 5.91 Å². The molecule has 2 aromatic carbocycles. The Bertz CT molecular complexity index is 1040. The Morgan fingerprint density at radius 2 is 1.90 bits per heavy atom. The number of rotatable bonds is 6. The summed E-state index contributed by atoms with van der Waals surface area (Å²) in [5, 5.41) is 0. The molecule has 1 aliphatic rings. The van der Waals surface area contributed by atoms with Gasteiger partial charge >= 0.3 is 0 Å². The molecule has 0 saturated heterocycles. The molecule has 160 valence electrons. The van der Waals surface area contributed by atoms with Crippen LogP contribution >= 0.6 is 0 Å². The van der Waals surface area contributed by atoms with Crippen LogP contribution in [-0.4, -0.2) is 42.5 Å². The number of carbonyl (C=O) groups is 1. The van der Waals surface area contributed by atoms with Crippen molar-refractivity contribution < 1.29 is 14.3 Å². The summed E-state index contributed by atoms with van der Waals surface area (Å²) in [7, 11) is 2.06. The first kappa shape index (κ1) is 20.7. The fourth-order valence-corrected chi connectivity index (χ4v) is 3.72. The molecule has 0 N–H and O–H groups in total. The molecule has 0 bridgehead atoms. The second-order valence-corrected chi connectivity index (χ2v) is 7.52. The standard InChI is InChI=1S/C25H27N3O3/c1-3-30-24-15-20(10-11-23(24)31-18-19-7-6-12-26-16-19)25(29)28-14-13-27(2)22-9-5-4-8-21(22)17-28/h4-12,15-16H,3,13-14,17-18H2,1-2H3. The van der Waals surface area contributed by atoms with Gasteiger partial charge in [0.15, 0.2) is 11.5 Å². The van der Waals surface area contributed by atoms with Crippen LogP contribution in [0.2, 0.25) is 0 Å². The molecule has 0 aliphatic carbocycles. The van der Waals surface area contributed by atoms with Crippen LogP contribution in [0, 0.1) is 0 Å². The van der Waals surface area contributed by atoms with Crippen molar-refractivity contribution in [1.82, 2.24) is 9.88 Å². The zero-order valence-electron chi connectivity index (χ0n) is 18.0. The normalized spacial score (nSPS) is 13.4. The van der Waals surface area contributed by atoms with Crippen LogP contribution in [0.4, 0.5) is 5.69 Å². The van der Waals surface area contributed by atoms with Crippen molar-refractivity contribution in [1.29, 1.82) is 0 Å². The fraction of sp³-hybridized carbons (Fsp3) is 0.280. The molecule has 4 rings (SSSR count). The van der Waals surface area contributed by atoms with Gasteiger partial charge in [-0.25, -0.2) is 0 Å². The van der Waals surface area contributed by atoms with Crippen LogP contribution in [0.1, 0.15) is 28.4 Å². The first-order chi connectivity index (χ1) is 15.2. The van der Waals surface area contributed by atoms with E-state index in [1.54, 1.807) is 18.5 Å². The number of aromatic nitrogens is 1. The van der Waals surface area contributed by atoms with Gasteiger partial charge in [-0.15, -0.1) is 0 Å². The summed E-state index contributed by atoms with van der Waals surface area (Å²) in [6, 6.07) is 17.5. The van der Waals surface area contributed by atoms with E-state index in [4.69, 9.17) is 9.47 Å². The number of nitrogens with zero attached hydrogens (tertiary/aromatic N) is 3. The van der Waals surface area contributed by atoms with Gasteiger partial charge in [-0.3, -0.25) is 9.78 Å². The Balaban J connectivity index is 1.53. The monoisotopic (exact) mass is 417 g/mol. The van der Waals surface area contributed by atoms with Gasteiger partial charge in [0.05, 0.1) is 6.61 Å². The van der Waals surface area contributed by atoms with E-state index in [9.17, 15) is 4.79 Å². The van der Waals surface area contributed by atoms with Crippen LogP contribution in [0.5, 0.6) is 11.5 Å². The lowest BCUT2D eigenvalue weighted by molar-refractivity contribution is 0.0751. The summed E-state index contributed by atoms with van der Waals surface area (Å²) >= 11 is 0. The fourth-order valence-electron chi connectivity index (χ4n) is 3.72. The maximum absolute atomic E-state index is 13.3. The molecule has 1 aromatic heterocycles. The predicted octanol–water partition coefficient (Wildman–Crippen LogP) is 4.15. The average Bonchev–Trinajstić information content (AvgIpc) is 2.98. The zero-order valence-corrected chi connectivity index (χ0v) is 18.0. The Morgan fingerprint density at radius 3 is 2.71 bits per heavy atom. The lowest BCUT2D eigenvalue weighted by Crippen LogP contribution is -2.34. The van der Waals surface area contributed by atoms with Crippen molar-refractivity contribution in [2.75, 3.05) is 31.6 Å². The van der Waals surface area contributed by atoms with Crippen molar-refractivity contribution in [2.24, 2.45) is 0 Å². The summed E-state index contributed by atoms with van der Waals surface area (Å²) in [5.74, 6) is 1.18. The van der Waals surface area contributed by atoms with Gasteiger partial charge < -0.3 is 19.3 Å². The maximum atomic E-state index is 13.3. The van der Waals surface area contributed by atoms with E-state index in [2.05, 4.69) is 29.1 Å².